The average molecular weight is 703 g/mol. The molecule has 10 aromatic rings. The summed E-state index contributed by atoms with van der Waals surface area (Å²) in [7, 11) is 0. The quantitative estimate of drug-likeness (QED) is 0.166. The number of hydrogen-bond donors (Lipinski definition) is 0. The van der Waals surface area contributed by atoms with E-state index in [1.165, 1.54) is 21.9 Å². The fraction of sp³-hybridized carbons (Fsp3) is 0. The lowest BCUT2D eigenvalue weighted by Gasteiger charge is -2.21. The van der Waals surface area contributed by atoms with Crippen LogP contribution in [0.2, 0.25) is 0 Å². The molecular weight excluding hydrogens is 669 g/mol. The van der Waals surface area contributed by atoms with Gasteiger partial charge in [-0.3, -0.25) is 0 Å². The summed E-state index contributed by atoms with van der Waals surface area (Å²) in [6.45, 7) is 0. The third kappa shape index (κ3) is 5.96. The molecule has 0 unspecified atom stereocenters. The summed E-state index contributed by atoms with van der Waals surface area (Å²) in [5.41, 5.74) is 12.9. The molecule has 4 heteroatoms. The van der Waals surface area contributed by atoms with Crippen LogP contribution in [0.1, 0.15) is 0 Å². The van der Waals surface area contributed by atoms with Crippen molar-refractivity contribution < 1.29 is 0 Å². The normalized spacial score (nSPS) is 11.3. The number of aromatic nitrogens is 4. The Hall–Kier alpha value is -7.43. The number of benzene rings is 8. The summed E-state index contributed by atoms with van der Waals surface area (Å²) in [4.78, 5) is 15.3. The van der Waals surface area contributed by atoms with Crippen molar-refractivity contribution >= 4 is 21.8 Å². The van der Waals surface area contributed by atoms with Crippen LogP contribution in [-0.4, -0.2) is 19.5 Å². The van der Waals surface area contributed by atoms with E-state index in [2.05, 4.69) is 150 Å². The lowest BCUT2D eigenvalue weighted by Crippen LogP contribution is -2.04. The summed E-state index contributed by atoms with van der Waals surface area (Å²) in [6, 6.07) is 72.4. The van der Waals surface area contributed by atoms with Crippen LogP contribution >= 0.6 is 0 Å². The van der Waals surface area contributed by atoms with E-state index in [4.69, 9.17) is 15.0 Å². The molecule has 0 saturated carbocycles. The summed E-state index contributed by atoms with van der Waals surface area (Å²) >= 11 is 0. The zero-order chi connectivity index (χ0) is 36.6. The molecule has 0 aliphatic heterocycles. The van der Waals surface area contributed by atoms with E-state index < -0.39 is 0 Å². The lowest BCUT2D eigenvalue weighted by atomic mass is 9.92. The Kier molecular flexibility index (Phi) is 8.12. The van der Waals surface area contributed by atoms with Crippen LogP contribution in [0.15, 0.2) is 206 Å². The van der Waals surface area contributed by atoms with Crippen LogP contribution in [0.3, 0.4) is 0 Å². The molecule has 2 aromatic heterocycles. The zero-order valence-corrected chi connectivity index (χ0v) is 29.9. The fourth-order valence-corrected chi connectivity index (χ4v) is 7.64. The van der Waals surface area contributed by atoms with E-state index in [0.717, 1.165) is 55.7 Å². The maximum absolute atomic E-state index is 5.17. The fourth-order valence-electron chi connectivity index (χ4n) is 7.64. The van der Waals surface area contributed by atoms with Crippen molar-refractivity contribution in [2.75, 3.05) is 0 Å². The second-order valence-corrected chi connectivity index (χ2v) is 13.6. The van der Waals surface area contributed by atoms with E-state index >= 15 is 0 Å². The molecule has 0 amide bonds. The molecule has 0 atom stereocenters. The van der Waals surface area contributed by atoms with Gasteiger partial charge in [-0.2, -0.15) is 0 Å². The Labute approximate surface area is 319 Å². The van der Waals surface area contributed by atoms with Gasteiger partial charge in [-0.1, -0.05) is 176 Å². The summed E-state index contributed by atoms with van der Waals surface area (Å²) in [5.74, 6) is 1.88. The highest BCUT2D eigenvalue weighted by Gasteiger charge is 2.23. The van der Waals surface area contributed by atoms with E-state index in [0.29, 0.717) is 17.5 Å². The van der Waals surface area contributed by atoms with Gasteiger partial charge in [0.15, 0.2) is 17.5 Å². The Morgan fingerprint density at radius 3 is 1.18 bits per heavy atom. The Balaban J connectivity index is 1.30. The van der Waals surface area contributed by atoms with Gasteiger partial charge in [-0.05, 0) is 52.6 Å². The smallest absolute Gasteiger partial charge is 0.164 e. The van der Waals surface area contributed by atoms with Crippen molar-refractivity contribution in [1.82, 2.24) is 19.5 Å². The maximum atomic E-state index is 5.17. The third-order valence-electron chi connectivity index (χ3n) is 10.2. The first-order valence-corrected chi connectivity index (χ1v) is 18.5. The highest BCUT2D eigenvalue weighted by molar-refractivity contribution is 6.12. The number of fused-ring (bicyclic) bond motifs is 3. The van der Waals surface area contributed by atoms with E-state index in [9.17, 15) is 0 Å². The number of hydrogen-bond acceptors (Lipinski definition) is 3. The second kappa shape index (κ2) is 13.8. The molecule has 0 fully saturated rings. The maximum Gasteiger partial charge on any atom is 0.164 e. The van der Waals surface area contributed by atoms with Crippen LogP contribution < -0.4 is 0 Å². The monoisotopic (exact) mass is 702 g/mol. The van der Waals surface area contributed by atoms with Gasteiger partial charge in [0.05, 0.1) is 16.7 Å². The predicted octanol–water partition coefficient (Wildman–Crippen LogP) is 13.0. The van der Waals surface area contributed by atoms with Crippen molar-refractivity contribution in [2.24, 2.45) is 0 Å². The molecule has 2 heterocycles. The second-order valence-electron chi connectivity index (χ2n) is 13.6. The Bertz CT molecular complexity index is 2820. The standard InChI is InChI=1S/C51H34N4/c1-6-18-35(19-7-1)40-30-31-47-45(32-40)42-28-16-17-29-46(42)55(47)48-43(36-20-8-2-9-21-36)33-41(34-44(48)37-22-10-3-11-23-37)51-53-49(38-24-12-4-13-25-38)52-50(54-51)39-26-14-5-15-27-39/h1-34H. The van der Waals surface area contributed by atoms with Crippen LogP contribution in [0.4, 0.5) is 0 Å². The van der Waals surface area contributed by atoms with E-state index in [-0.39, 0.29) is 0 Å². The summed E-state index contributed by atoms with van der Waals surface area (Å²) in [6.07, 6.45) is 0. The van der Waals surface area contributed by atoms with Crippen LogP contribution in [0, 0.1) is 0 Å². The molecule has 0 bridgehead atoms. The zero-order valence-electron chi connectivity index (χ0n) is 29.9. The first-order chi connectivity index (χ1) is 27.3. The number of para-hydroxylation sites is 1. The largest absolute Gasteiger partial charge is 0.308 e. The third-order valence-corrected chi connectivity index (χ3v) is 10.2. The van der Waals surface area contributed by atoms with Gasteiger partial charge < -0.3 is 4.57 Å². The first kappa shape index (κ1) is 32.2. The van der Waals surface area contributed by atoms with Crippen LogP contribution in [0.5, 0.6) is 0 Å². The molecule has 0 radical (unpaired) electrons. The lowest BCUT2D eigenvalue weighted by molar-refractivity contribution is 1.07. The molecule has 8 aromatic carbocycles. The molecule has 4 nitrogen and oxygen atoms in total. The van der Waals surface area contributed by atoms with Crippen molar-refractivity contribution in [1.29, 1.82) is 0 Å². The molecule has 0 saturated heterocycles. The molecule has 0 spiro atoms. The molecule has 0 N–H and O–H groups in total. The van der Waals surface area contributed by atoms with E-state index in [1.54, 1.807) is 0 Å². The topological polar surface area (TPSA) is 43.6 Å². The minimum Gasteiger partial charge on any atom is -0.308 e. The summed E-state index contributed by atoms with van der Waals surface area (Å²) in [5, 5.41) is 2.41. The highest BCUT2D eigenvalue weighted by Crippen LogP contribution is 2.44. The van der Waals surface area contributed by atoms with Gasteiger partial charge in [0.1, 0.15) is 0 Å². The molecule has 0 aliphatic rings. The Morgan fingerprint density at radius 2 is 0.673 bits per heavy atom. The first-order valence-electron chi connectivity index (χ1n) is 18.5. The van der Waals surface area contributed by atoms with Gasteiger partial charge >= 0.3 is 0 Å². The van der Waals surface area contributed by atoms with Gasteiger partial charge in [-0.15, -0.1) is 0 Å². The van der Waals surface area contributed by atoms with Gasteiger partial charge in [0.25, 0.3) is 0 Å². The van der Waals surface area contributed by atoms with Crippen LogP contribution in [0.25, 0.3) is 95.0 Å². The molecule has 10 rings (SSSR count). The SMILES string of the molecule is c1ccc(-c2ccc3c(c2)c2ccccc2n3-c2c(-c3ccccc3)cc(-c3nc(-c4ccccc4)nc(-c4ccccc4)n3)cc2-c2ccccc2)cc1. The molecule has 258 valence electrons. The summed E-state index contributed by atoms with van der Waals surface area (Å²) < 4.78 is 2.45. The average Bonchev–Trinajstić information content (AvgIpc) is 3.60. The predicted molar refractivity (Wildman–Crippen MR) is 227 cm³/mol. The minimum absolute atomic E-state index is 0.614. The molecule has 55 heavy (non-hydrogen) atoms. The van der Waals surface area contributed by atoms with Crippen molar-refractivity contribution in [2.45, 2.75) is 0 Å². The highest BCUT2D eigenvalue weighted by atomic mass is 15.0. The van der Waals surface area contributed by atoms with E-state index in [1.807, 2.05) is 60.7 Å². The van der Waals surface area contributed by atoms with Crippen molar-refractivity contribution in [3.63, 3.8) is 0 Å². The minimum atomic E-state index is 0.614. The molecular formula is C51H34N4. The Morgan fingerprint density at radius 1 is 0.273 bits per heavy atom. The molecule has 0 aliphatic carbocycles. The van der Waals surface area contributed by atoms with Gasteiger partial charge in [0.2, 0.25) is 0 Å². The van der Waals surface area contributed by atoms with Crippen molar-refractivity contribution in [3.8, 4) is 73.2 Å². The van der Waals surface area contributed by atoms with Gasteiger partial charge in [0, 0.05) is 38.6 Å². The number of nitrogens with zero attached hydrogens (tertiary/aromatic N) is 4. The van der Waals surface area contributed by atoms with Crippen LogP contribution in [-0.2, 0) is 0 Å². The van der Waals surface area contributed by atoms with Gasteiger partial charge in [-0.25, -0.2) is 15.0 Å². The van der Waals surface area contributed by atoms with Crippen molar-refractivity contribution in [3.05, 3.63) is 206 Å². The number of rotatable bonds is 7.